The van der Waals surface area contributed by atoms with E-state index < -0.39 is 11.4 Å². The molecule has 0 aromatic heterocycles. The molecule has 0 radical (unpaired) electrons. The van der Waals surface area contributed by atoms with E-state index in [-0.39, 0.29) is 11.3 Å². The van der Waals surface area contributed by atoms with E-state index in [2.05, 4.69) is 0 Å². The number of halogens is 1. The maximum absolute atomic E-state index is 13.8. The van der Waals surface area contributed by atoms with Gasteiger partial charge in [-0.25, -0.2) is 4.39 Å². The number of benzene rings is 1. The lowest BCUT2D eigenvalue weighted by Crippen LogP contribution is -2.18. The molecule has 0 saturated carbocycles. The third-order valence-corrected chi connectivity index (χ3v) is 2.08. The number of ether oxygens (including phenoxy) is 1. The first-order chi connectivity index (χ1) is 6.96. The molecule has 0 heterocycles. The lowest BCUT2D eigenvalue weighted by molar-refractivity contribution is 0.0737. The summed E-state index contributed by atoms with van der Waals surface area (Å²) in [6.45, 7) is 5.54. The van der Waals surface area contributed by atoms with Crippen LogP contribution in [0.15, 0.2) is 18.2 Å². The van der Waals surface area contributed by atoms with Crippen molar-refractivity contribution in [2.24, 2.45) is 0 Å². The van der Waals surface area contributed by atoms with Crippen LogP contribution >= 0.6 is 0 Å². The molecule has 0 aliphatic heterocycles. The highest BCUT2D eigenvalue weighted by Gasteiger charge is 2.22. The Morgan fingerprint density at radius 3 is 2.60 bits per heavy atom. The summed E-state index contributed by atoms with van der Waals surface area (Å²) in [5.41, 5.74) is -0.925. The zero-order chi connectivity index (χ0) is 11.5. The van der Waals surface area contributed by atoms with Crippen molar-refractivity contribution in [1.29, 1.82) is 0 Å². The zero-order valence-corrected chi connectivity index (χ0v) is 9.38. The monoisotopic (exact) mass is 212 g/mol. The van der Waals surface area contributed by atoms with Crippen molar-refractivity contribution in [3.8, 4) is 5.75 Å². The average molecular weight is 212 g/mol. The minimum atomic E-state index is -1.18. The Labute approximate surface area is 89.7 Å². The Morgan fingerprint density at radius 2 is 2.07 bits per heavy atom. The molecule has 0 atom stereocenters. The summed E-state index contributed by atoms with van der Waals surface area (Å²) in [6, 6.07) is 4.82. The largest absolute Gasteiger partial charge is 0.491 e. The van der Waals surface area contributed by atoms with Crippen molar-refractivity contribution in [3.05, 3.63) is 29.6 Å². The van der Waals surface area contributed by atoms with Gasteiger partial charge < -0.3 is 9.84 Å². The normalized spacial score (nSPS) is 11.5. The van der Waals surface area contributed by atoms with Crippen LogP contribution in [0.25, 0.3) is 0 Å². The molecular weight excluding hydrogens is 195 g/mol. The van der Waals surface area contributed by atoms with E-state index in [0.717, 1.165) is 6.42 Å². The highest BCUT2D eigenvalue weighted by Crippen LogP contribution is 2.28. The van der Waals surface area contributed by atoms with Gasteiger partial charge in [-0.1, -0.05) is 19.1 Å². The van der Waals surface area contributed by atoms with Gasteiger partial charge in [0.05, 0.1) is 12.2 Å². The molecule has 0 saturated heterocycles. The van der Waals surface area contributed by atoms with Crippen LogP contribution in [0.4, 0.5) is 4.39 Å². The molecule has 0 spiro atoms. The maximum Gasteiger partial charge on any atom is 0.171 e. The number of rotatable bonds is 4. The summed E-state index contributed by atoms with van der Waals surface area (Å²) < 4.78 is 19.0. The van der Waals surface area contributed by atoms with Crippen LogP contribution in [0.5, 0.6) is 5.75 Å². The molecule has 0 unspecified atom stereocenters. The Balaban J connectivity index is 3.01. The predicted octanol–water partition coefficient (Wildman–Crippen LogP) is 2.84. The van der Waals surface area contributed by atoms with Crippen molar-refractivity contribution < 1.29 is 14.2 Å². The van der Waals surface area contributed by atoms with Gasteiger partial charge in [0.25, 0.3) is 0 Å². The molecule has 1 aromatic rings. The molecule has 15 heavy (non-hydrogen) atoms. The van der Waals surface area contributed by atoms with Crippen molar-refractivity contribution in [3.63, 3.8) is 0 Å². The van der Waals surface area contributed by atoms with Gasteiger partial charge in [0.1, 0.15) is 0 Å². The van der Waals surface area contributed by atoms with Crippen LogP contribution in [0.1, 0.15) is 32.8 Å². The first-order valence-corrected chi connectivity index (χ1v) is 5.11. The molecule has 1 rings (SSSR count). The maximum atomic E-state index is 13.8. The van der Waals surface area contributed by atoms with Crippen LogP contribution < -0.4 is 4.74 Å². The zero-order valence-electron chi connectivity index (χ0n) is 9.38. The Hall–Kier alpha value is -1.09. The first-order valence-electron chi connectivity index (χ1n) is 5.11. The van der Waals surface area contributed by atoms with E-state index in [0.29, 0.717) is 6.61 Å². The van der Waals surface area contributed by atoms with Gasteiger partial charge in [-0.05, 0) is 26.3 Å². The summed E-state index contributed by atoms with van der Waals surface area (Å²) in [7, 11) is 0. The van der Waals surface area contributed by atoms with Gasteiger partial charge in [-0.15, -0.1) is 0 Å². The van der Waals surface area contributed by atoms with Gasteiger partial charge in [-0.3, -0.25) is 0 Å². The third-order valence-electron chi connectivity index (χ3n) is 2.08. The van der Waals surface area contributed by atoms with Crippen molar-refractivity contribution in [2.45, 2.75) is 32.8 Å². The molecule has 0 bridgehead atoms. The second-order valence-corrected chi connectivity index (χ2v) is 4.03. The van der Waals surface area contributed by atoms with E-state index in [1.54, 1.807) is 32.0 Å². The van der Waals surface area contributed by atoms with Gasteiger partial charge in [-0.2, -0.15) is 0 Å². The third kappa shape index (κ3) is 2.93. The molecule has 3 heteroatoms. The predicted molar refractivity (Wildman–Crippen MR) is 57.4 cm³/mol. The van der Waals surface area contributed by atoms with Crippen molar-refractivity contribution in [2.75, 3.05) is 6.61 Å². The lowest BCUT2D eigenvalue weighted by Gasteiger charge is -2.19. The van der Waals surface area contributed by atoms with Gasteiger partial charge in [0, 0.05) is 5.56 Å². The number of hydrogen-bond donors (Lipinski definition) is 1. The fourth-order valence-corrected chi connectivity index (χ4v) is 1.31. The van der Waals surface area contributed by atoms with Crippen LogP contribution in [0.2, 0.25) is 0 Å². The minimum absolute atomic E-state index is 0.205. The average Bonchev–Trinajstić information content (AvgIpc) is 2.14. The van der Waals surface area contributed by atoms with E-state index in [1.807, 2.05) is 6.92 Å². The summed E-state index contributed by atoms with van der Waals surface area (Å²) in [4.78, 5) is 0. The fourth-order valence-electron chi connectivity index (χ4n) is 1.31. The molecule has 2 nitrogen and oxygen atoms in total. The van der Waals surface area contributed by atoms with E-state index >= 15 is 0 Å². The minimum Gasteiger partial charge on any atom is -0.491 e. The van der Waals surface area contributed by atoms with Crippen LogP contribution in [0, 0.1) is 5.82 Å². The number of hydrogen-bond acceptors (Lipinski definition) is 2. The fraction of sp³-hybridized carbons (Fsp3) is 0.500. The van der Waals surface area contributed by atoms with Crippen molar-refractivity contribution in [1.82, 2.24) is 0 Å². The van der Waals surface area contributed by atoms with E-state index in [4.69, 9.17) is 4.74 Å². The molecule has 1 aromatic carbocycles. The smallest absolute Gasteiger partial charge is 0.171 e. The molecule has 0 aliphatic rings. The summed E-state index contributed by atoms with van der Waals surface area (Å²) in [5.74, 6) is -0.269. The van der Waals surface area contributed by atoms with E-state index in [1.165, 1.54) is 0 Å². The molecular formula is C12H17FO2. The summed E-state index contributed by atoms with van der Waals surface area (Å²) >= 11 is 0. The molecule has 84 valence electrons. The lowest BCUT2D eigenvalue weighted by atomic mass is 9.97. The topological polar surface area (TPSA) is 29.5 Å². The first kappa shape index (κ1) is 12.0. The van der Waals surface area contributed by atoms with Gasteiger partial charge >= 0.3 is 0 Å². The van der Waals surface area contributed by atoms with E-state index in [9.17, 15) is 9.50 Å². The molecule has 0 fully saturated rings. The quantitative estimate of drug-likeness (QED) is 0.831. The highest BCUT2D eigenvalue weighted by atomic mass is 19.1. The number of aliphatic hydroxyl groups is 1. The standard InChI is InChI=1S/C12H17FO2/c1-4-8-15-10-7-5-6-9(11(10)13)12(2,3)14/h5-7,14H,4,8H2,1-3H3. The molecule has 0 amide bonds. The van der Waals surface area contributed by atoms with Crippen LogP contribution in [-0.4, -0.2) is 11.7 Å². The Bertz CT molecular complexity index is 329. The summed E-state index contributed by atoms with van der Waals surface area (Å²) in [6.07, 6.45) is 0.826. The molecule has 0 aliphatic carbocycles. The van der Waals surface area contributed by atoms with Crippen molar-refractivity contribution >= 4 is 0 Å². The Kier molecular flexibility index (Phi) is 3.69. The molecule has 1 N–H and O–H groups in total. The highest BCUT2D eigenvalue weighted by molar-refractivity contribution is 5.34. The second-order valence-electron chi connectivity index (χ2n) is 4.03. The summed E-state index contributed by atoms with van der Waals surface area (Å²) in [5, 5.41) is 9.72. The van der Waals surface area contributed by atoms with Crippen LogP contribution in [0.3, 0.4) is 0 Å². The van der Waals surface area contributed by atoms with Gasteiger partial charge in [0.15, 0.2) is 11.6 Å². The second kappa shape index (κ2) is 4.62. The SMILES string of the molecule is CCCOc1cccc(C(C)(C)O)c1F. The Morgan fingerprint density at radius 1 is 1.40 bits per heavy atom. The van der Waals surface area contributed by atoms with Crippen LogP contribution in [-0.2, 0) is 5.60 Å². The van der Waals surface area contributed by atoms with Gasteiger partial charge in [0.2, 0.25) is 0 Å².